The van der Waals surface area contributed by atoms with Crippen LogP contribution < -0.4 is 60.8 Å². The minimum absolute atomic E-state index is 0.00981. The van der Waals surface area contributed by atoms with Crippen LogP contribution in [0.2, 0.25) is 0 Å². The molecule has 0 spiro atoms. The van der Waals surface area contributed by atoms with Crippen molar-refractivity contribution >= 4 is 23.9 Å². The first-order chi connectivity index (χ1) is 83.0. The number of hydrogen-bond acceptors (Lipinski definition) is 24. The molecule has 24 nitrogen and oxygen atoms in total. The van der Waals surface area contributed by atoms with Crippen LogP contribution in [0.3, 0.4) is 0 Å². The molecule has 120 heavy (non-hydrogen) atoms. The van der Waals surface area contributed by atoms with Crippen molar-refractivity contribution in [2.24, 2.45) is 93.9 Å². The molecule has 0 saturated carbocycles. The number of carbonyl (C=O) groups excluding carboxylic acids is 4. The van der Waals surface area contributed by atoms with Crippen molar-refractivity contribution in [3.05, 3.63) is 93.0 Å². The fraction of sp³-hybridized carbons (Fsp3) is 0.708. The van der Waals surface area contributed by atoms with Crippen molar-refractivity contribution < 1.29 is 169 Å². The highest BCUT2D eigenvalue weighted by molar-refractivity contribution is 5.77. The second-order valence-electron chi connectivity index (χ2n) is 30.4. The van der Waals surface area contributed by atoms with E-state index in [1.54, 1.807) is 55.4 Å². The SMILES string of the molecule is [2H]C([2H])([2H])Oc1cc2c(cc1OC([2H])([2H])[2H])C([2H])([2H])C([2H])([2H])N1CC(CC(C)C)C([2H])(OC(=O)[C@@]([2H])(N)C([2H])(C([2H])([2H])[2H])C([2H])([2H])[2H])CC21[2H].[2H]C([2H])([2H])Oc1cc2c(cc1OC)C([2H])([2H])C([2H])([2H])N1CC(CC(C)C)C([2H])(OC(=O)[C@@]([2H])(N)C([2H])(C([2H])([2H])[2H])C([2H])([2H])[2H])CC21[2H].[2H]C([2H])([2H])Oc1cc2c(cc1OC)C1([2H])CC([2H])(OC(=O)[C@@]([2H])(N)C([2H])(C([2H])([2H])[2H])C([2H])([2H])[2H])C(CC(C)C)CN1C([2H])([2H])C2([2H])[2H].[2H]C1(OC(=O)[C@@]([2H])(N)C([2H])(C([2H])([2H])[2H])C([2H])([2H])[2H])CC2([2H])c3cc(OC)c(OC)cc3C([2H])([2H])C([2H])([2H])N2CC1CC(C)C. The van der Waals surface area contributed by atoms with Crippen LogP contribution in [0.25, 0.3) is 0 Å². The summed E-state index contributed by atoms with van der Waals surface area (Å²) in [5.74, 6) is -33.3. The second-order valence-corrected chi connectivity index (χ2v) is 30.4. The molecule has 0 aliphatic carbocycles. The fourth-order valence-electron chi connectivity index (χ4n) is 14.5. The Morgan fingerprint density at radius 1 is 0.350 bits per heavy atom. The standard InChI is InChI=1S/4C24H38N2O4/c4*1-14(2)9-17-13-26-8-7-16-10-21(28-5)22(29-6)11-18(16)19(26)12-20(17)30-24(27)23(25)15(3)4/h4*10-11,14-15,17,19-20,23H,7-9,12-13,25H2,1-6H3/t4*17?,19?,20?,23-/m0000/s1/i3D3,4D3,5D3,6D3,7D2,8D2,15D,19D,20D,23D;3D3,4D3,6D3,7D2,8D2,15D,19D,20D,23D;3D3,4D3,5D3,7D2,8D2,15D,19D,20D,23D;3D3,4D3,7D2,8D2,15D,19D,20D,23D. The molecule has 8 heterocycles. The van der Waals surface area contributed by atoms with E-state index in [-0.39, 0.29) is 94.6 Å². The molecule has 16 atom stereocenters. The monoisotopic (exact) mass is 1740 g/mol. The van der Waals surface area contributed by atoms with Gasteiger partial charge in [-0.25, -0.2) is 0 Å². The Balaban J connectivity index is 0.000000273. The van der Waals surface area contributed by atoms with Crippen LogP contribution in [-0.2, 0) is 63.6 Å². The molecule has 0 radical (unpaired) electrons. The minimum Gasteiger partial charge on any atom is -0.493 e. The molecule has 0 aromatic heterocycles. The van der Waals surface area contributed by atoms with E-state index in [1.807, 2.05) is 0 Å². The summed E-state index contributed by atoms with van der Waals surface area (Å²) in [6.07, 6.45) is -26.3. The van der Waals surface area contributed by atoms with Crippen molar-refractivity contribution in [3.63, 3.8) is 0 Å². The van der Waals surface area contributed by atoms with Gasteiger partial charge in [0.15, 0.2) is 46.0 Å². The Morgan fingerprint density at radius 3 is 0.725 bits per heavy atom. The zero-order valence-electron chi connectivity index (χ0n) is 136. The van der Waals surface area contributed by atoms with Gasteiger partial charge in [-0.15, -0.1) is 0 Å². The Kier molecular flexibility index (Phi) is 14.5. The molecule has 8 aliphatic heterocycles. The van der Waals surface area contributed by atoms with Gasteiger partial charge < -0.3 is 79.8 Å². The summed E-state index contributed by atoms with van der Waals surface area (Å²) in [6, 6.07) is -17.6. The summed E-state index contributed by atoms with van der Waals surface area (Å²) in [5.41, 5.74) is 19.5. The van der Waals surface area contributed by atoms with Crippen LogP contribution in [0.1, 0.15) is 323 Å². The number of methoxy groups -OCH3 is 8. The quantitative estimate of drug-likeness (QED) is 0.0303. The van der Waals surface area contributed by atoms with Gasteiger partial charge in [0.2, 0.25) is 0 Å². The predicted molar refractivity (Wildman–Crippen MR) is 471 cm³/mol. The molecule has 8 N–H and O–H groups in total. The van der Waals surface area contributed by atoms with Crippen molar-refractivity contribution in [1.82, 2.24) is 19.6 Å². The zero-order valence-corrected chi connectivity index (χ0v) is 68.4. The summed E-state index contributed by atoms with van der Waals surface area (Å²) in [4.78, 5) is 57.5. The molecule has 8 aliphatic rings. The summed E-state index contributed by atoms with van der Waals surface area (Å²) in [5, 5.41) is 0. The third-order valence-corrected chi connectivity index (χ3v) is 20.2. The first kappa shape index (κ1) is 39.6. The molecule has 672 valence electrons. The van der Waals surface area contributed by atoms with Crippen molar-refractivity contribution in [3.8, 4) is 46.0 Å². The van der Waals surface area contributed by atoms with Gasteiger partial charge in [-0.05, 0) is 191 Å². The van der Waals surface area contributed by atoms with Gasteiger partial charge in [-0.2, -0.15) is 0 Å². The molecule has 12 rings (SSSR count). The van der Waals surface area contributed by atoms with E-state index in [2.05, 4.69) is 0 Å². The highest BCUT2D eigenvalue weighted by atomic mass is 16.6. The number of esters is 4. The van der Waals surface area contributed by atoms with Crippen molar-refractivity contribution in [2.75, 3.05) is 109 Å². The smallest absolute Gasteiger partial charge is 0.323 e. The lowest BCUT2D eigenvalue weighted by Crippen LogP contribution is -2.51. The van der Waals surface area contributed by atoms with Crippen LogP contribution in [-0.4, -0.2) is 201 Å². The maximum Gasteiger partial charge on any atom is 0.323 e. The van der Waals surface area contributed by atoms with E-state index in [4.69, 9.17) is 162 Å². The Bertz CT molecular complexity index is 7090. The van der Waals surface area contributed by atoms with Gasteiger partial charge in [-0.3, -0.25) is 38.8 Å². The first-order valence-electron chi connectivity index (χ1n) is 71.9. The molecule has 4 aromatic rings. The zero-order chi connectivity index (χ0) is 147. The third-order valence-electron chi connectivity index (χ3n) is 20.2. The number of piperidine rings is 4. The number of hydrogen-bond donors (Lipinski definition) is 4. The van der Waals surface area contributed by atoms with E-state index in [9.17, 15) is 30.1 Å². The molecule has 0 amide bonds. The first-order valence-corrected chi connectivity index (χ1v) is 37.9. The van der Waals surface area contributed by atoms with Gasteiger partial charge in [0.05, 0.1) is 89.5 Å². The predicted octanol–water partition coefficient (Wildman–Crippen LogP) is 14.3. The lowest BCUT2D eigenvalue weighted by molar-refractivity contribution is -0.161. The number of aryl methyl sites for hydroxylation is 4. The maximum atomic E-state index is 13.6. The largest absolute Gasteiger partial charge is 0.493 e. The number of nitrogens with two attached hydrogens (primary N) is 4. The van der Waals surface area contributed by atoms with Crippen LogP contribution in [0, 0.1) is 70.9 Å². The molecule has 4 aromatic carbocycles. The number of rotatable bonds is 28. The van der Waals surface area contributed by atoms with Gasteiger partial charge in [0.25, 0.3) is 0 Å². The molecule has 4 saturated heterocycles. The van der Waals surface area contributed by atoms with Gasteiger partial charge in [-0.1, -0.05) is 110 Å². The molecule has 0 bridgehead atoms. The lowest BCUT2D eigenvalue weighted by Gasteiger charge is -2.47. The molecule has 4 fully saturated rings. The number of ether oxygens (including phenoxy) is 12. The molecule has 12 unspecified atom stereocenters. The molecular weight excluding hydrogens is 1520 g/mol. The van der Waals surface area contributed by atoms with Crippen LogP contribution in [0.15, 0.2) is 48.5 Å². The maximum absolute atomic E-state index is 13.6. The second kappa shape index (κ2) is 43.9. The topological polar surface area (TPSA) is 296 Å². The lowest BCUT2D eigenvalue weighted by atomic mass is 9.79. The number of nitrogens with zero attached hydrogens (tertiary/aromatic N) is 4. The third kappa shape index (κ3) is 23.8. The Hall–Kier alpha value is -7.16. The minimum atomic E-state index is -4.00. The average Bonchev–Trinajstić information content (AvgIpc) is 0.684. The van der Waals surface area contributed by atoms with E-state index in [1.165, 1.54) is 26.4 Å². The summed E-state index contributed by atoms with van der Waals surface area (Å²) in [7, 11) is -7.74. The van der Waals surface area contributed by atoms with E-state index in [0.29, 0.717) is 11.0 Å². The van der Waals surface area contributed by atoms with Crippen LogP contribution in [0.4, 0.5) is 0 Å². The number of carbonyl (C=O) groups is 4. The summed E-state index contributed by atoms with van der Waals surface area (Å²) >= 11 is 0. The normalized spacial score (nSPS) is 44.2. The average molecular weight is 1740 g/mol. The highest BCUT2D eigenvalue weighted by Gasteiger charge is 2.47. The van der Waals surface area contributed by atoms with E-state index in [0.717, 1.165) is 59.3 Å². The Morgan fingerprint density at radius 2 is 0.542 bits per heavy atom. The summed E-state index contributed by atoms with van der Waals surface area (Å²) < 4.78 is 620. The van der Waals surface area contributed by atoms with Crippen LogP contribution in [0.5, 0.6) is 46.0 Å². The van der Waals surface area contributed by atoms with Crippen molar-refractivity contribution in [1.29, 1.82) is 0 Å². The van der Waals surface area contributed by atoms with Crippen LogP contribution >= 0.6 is 0 Å². The van der Waals surface area contributed by atoms with E-state index >= 15 is 0 Å². The van der Waals surface area contributed by atoms with Gasteiger partial charge >= 0.3 is 23.9 Å². The van der Waals surface area contributed by atoms with Gasteiger partial charge in [0, 0.05) is 186 Å². The number of benzene rings is 4. The number of fused-ring (bicyclic) bond motifs is 12. The van der Waals surface area contributed by atoms with Crippen molar-refractivity contribution in [2.45, 2.75) is 260 Å². The van der Waals surface area contributed by atoms with E-state index < -0.39 is 375 Å². The molecule has 24 heteroatoms. The fourth-order valence-corrected chi connectivity index (χ4v) is 14.5. The highest BCUT2D eigenvalue weighted by Crippen LogP contribution is 2.50. The Labute approximate surface area is 814 Å². The molecular formula is C96H152N8O16. The van der Waals surface area contributed by atoms with Gasteiger partial charge in [0.1, 0.15) is 48.4 Å². The summed E-state index contributed by atoms with van der Waals surface area (Å²) in [6.45, 7) is -31.5.